The van der Waals surface area contributed by atoms with Gasteiger partial charge in [0.1, 0.15) is 5.60 Å². The van der Waals surface area contributed by atoms with Crippen LogP contribution in [0, 0.1) is 29.1 Å². The summed E-state index contributed by atoms with van der Waals surface area (Å²) in [6.45, 7) is 7.21. The molecule has 1 saturated heterocycles. The number of benzene rings is 1. The smallest absolute Gasteiger partial charge is 0.311 e. The van der Waals surface area contributed by atoms with Crippen LogP contribution in [0.2, 0.25) is 0 Å². The van der Waals surface area contributed by atoms with E-state index in [-0.39, 0.29) is 29.7 Å². The highest BCUT2D eigenvalue weighted by atomic mass is 35.5. The topological polar surface area (TPSA) is 29.5 Å². The van der Waals surface area contributed by atoms with Crippen LogP contribution in [-0.2, 0) is 15.1 Å². The lowest BCUT2D eigenvalue weighted by molar-refractivity contribution is -0.198. The summed E-state index contributed by atoms with van der Waals surface area (Å²) in [7, 11) is 0. The van der Waals surface area contributed by atoms with Gasteiger partial charge in [-0.2, -0.15) is 0 Å². The Kier molecular flexibility index (Phi) is 5.76. The molecule has 5 aliphatic rings. The zero-order chi connectivity index (χ0) is 19.4. The van der Waals surface area contributed by atoms with Crippen LogP contribution < -0.4 is 0 Å². The molecule has 1 heterocycles. The average molecular weight is 418 g/mol. The molecule has 2 unspecified atom stereocenters. The summed E-state index contributed by atoms with van der Waals surface area (Å²) < 4.78 is 6.56. The first kappa shape index (κ1) is 21.2. The van der Waals surface area contributed by atoms with Gasteiger partial charge in [0.2, 0.25) is 0 Å². The quantitative estimate of drug-likeness (QED) is 0.578. The van der Waals surface area contributed by atoms with E-state index in [1.807, 2.05) is 0 Å². The van der Waals surface area contributed by atoms with Crippen molar-refractivity contribution in [3.8, 4) is 0 Å². The summed E-state index contributed by atoms with van der Waals surface area (Å²) in [5.74, 6) is 2.62. The molecule has 6 rings (SSSR count). The number of esters is 1. The minimum Gasteiger partial charge on any atom is -0.453 e. The van der Waals surface area contributed by atoms with Crippen LogP contribution in [0.15, 0.2) is 30.3 Å². The Morgan fingerprint density at radius 1 is 0.931 bits per heavy atom. The Morgan fingerprint density at radius 2 is 1.48 bits per heavy atom. The van der Waals surface area contributed by atoms with E-state index in [4.69, 9.17) is 4.74 Å². The molecule has 160 valence electrons. The predicted molar refractivity (Wildman–Crippen MR) is 118 cm³/mol. The van der Waals surface area contributed by atoms with Gasteiger partial charge in [0.15, 0.2) is 0 Å². The van der Waals surface area contributed by atoms with E-state index in [1.165, 1.54) is 44.1 Å². The molecule has 4 aliphatic carbocycles. The van der Waals surface area contributed by atoms with E-state index >= 15 is 0 Å². The van der Waals surface area contributed by atoms with E-state index in [0.717, 1.165) is 43.8 Å². The molecule has 1 aromatic carbocycles. The monoisotopic (exact) mass is 417 g/mol. The number of hydrogen-bond acceptors (Lipinski definition) is 3. The predicted octanol–water partition coefficient (Wildman–Crippen LogP) is 5.43. The molecule has 0 radical (unpaired) electrons. The number of cyclic esters (lactones) is 1. The SMILES string of the molecule is CCN(CC)CC1CC(c2ccccc2)(C23CC4CC(CC(C4)C2)C3)OC1=O.Cl. The Morgan fingerprint density at radius 3 is 2.00 bits per heavy atom. The maximum atomic E-state index is 13.2. The molecule has 1 aliphatic heterocycles. The van der Waals surface area contributed by atoms with Crippen molar-refractivity contribution >= 4 is 18.4 Å². The standard InChI is InChI=1S/C25H35NO2.ClH/c1-3-26(4-2)17-21-16-25(28-23(21)27,22-8-6-5-7-9-22)24-13-18-10-19(14-24)12-20(11-18)15-24;/h5-9,18-21H,3-4,10-17H2,1-2H3;1H. The van der Waals surface area contributed by atoms with Gasteiger partial charge in [-0.25, -0.2) is 0 Å². The number of halogens is 1. The Balaban J connectivity index is 0.00000205. The van der Waals surface area contributed by atoms with Gasteiger partial charge in [0, 0.05) is 18.4 Å². The summed E-state index contributed by atoms with van der Waals surface area (Å²) in [6, 6.07) is 10.8. The molecule has 0 N–H and O–H groups in total. The maximum absolute atomic E-state index is 13.2. The zero-order valence-corrected chi connectivity index (χ0v) is 18.8. The highest BCUT2D eigenvalue weighted by Crippen LogP contribution is 2.69. The second kappa shape index (κ2) is 7.89. The molecular formula is C25H36ClNO2. The lowest BCUT2D eigenvalue weighted by Gasteiger charge is -2.62. The first-order valence-electron chi connectivity index (χ1n) is 11.6. The van der Waals surface area contributed by atoms with E-state index < -0.39 is 5.60 Å². The second-order valence-electron chi connectivity index (χ2n) is 10.2. The molecular weight excluding hydrogens is 382 g/mol. The number of nitrogens with zero attached hydrogens (tertiary/aromatic N) is 1. The number of carbonyl (C=O) groups excluding carboxylic acids is 1. The normalized spacial score (nSPS) is 40.2. The first-order chi connectivity index (χ1) is 13.6. The molecule has 5 fully saturated rings. The fourth-order valence-electron chi connectivity index (χ4n) is 7.78. The van der Waals surface area contributed by atoms with Crippen LogP contribution in [0.25, 0.3) is 0 Å². The Labute approximate surface area is 182 Å². The molecule has 1 aromatic rings. The summed E-state index contributed by atoms with van der Waals surface area (Å²) in [5.41, 5.74) is 1.02. The summed E-state index contributed by atoms with van der Waals surface area (Å²) >= 11 is 0. The molecule has 4 bridgehead atoms. The molecule has 4 heteroatoms. The number of ether oxygens (including phenoxy) is 1. The van der Waals surface area contributed by atoms with Crippen LogP contribution in [0.5, 0.6) is 0 Å². The van der Waals surface area contributed by atoms with Crippen molar-refractivity contribution in [2.45, 2.75) is 64.4 Å². The Bertz CT molecular complexity index is 696. The van der Waals surface area contributed by atoms with Crippen LogP contribution in [0.4, 0.5) is 0 Å². The Hall–Kier alpha value is -1.06. The van der Waals surface area contributed by atoms with Gasteiger partial charge in [0.05, 0.1) is 5.92 Å². The van der Waals surface area contributed by atoms with Crippen molar-refractivity contribution in [1.82, 2.24) is 4.90 Å². The van der Waals surface area contributed by atoms with Crippen molar-refractivity contribution in [3.05, 3.63) is 35.9 Å². The fraction of sp³-hybridized carbons (Fsp3) is 0.720. The van der Waals surface area contributed by atoms with Gasteiger partial charge in [-0.3, -0.25) is 4.79 Å². The molecule has 0 amide bonds. The summed E-state index contributed by atoms with van der Waals surface area (Å²) in [5, 5.41) is 0. The molecule has 3 nitrogen and oxygen atoms in total. The van der Waals surface area contributed by atoms with Crippen LogP contribution in [0.3, 0.4) is 0 Å². The fourth-order valence-corrected chi connectivity index (χ4v) is 7.78. The van der Waals surface area contributed by atoms with E-state index in [0.29, 0.717) is 0 Å². The van der Waals surface area contributed by atoms with Gasteiger partial charge < -0.3 is 9.64 Å². The largest absolute Gasteiger partial charge is 0.453 e. The summed E-state index contributed by atoms with van der Waals surface area (Å²) in [6.07, 6.45) is 8.92. The third kappa shape index (κ3) is 3.33. The molecule has 0 spiro atoms. The van der Waals surface area contributed by atoms with Gasteiger partial charge in [-0.15, -0.1) is 12.4 Å². The molecule has 0 aromatic heterocycles. The van der Waals surface area contributed by atoms with E-state index in [1.54, 1.807) is 0 Å². The minimum absolute atomic E-state index is 0. The lowest BCUT2D eigenvalue weighted by atomic mass is 9.44. The van der Waals surface area contributed by atoms with Crippen molar-refractivity contribution in [2.75, 3.05) is 19.6 Å². The molecule has 29 heavy (non-hydrogen) atoms. The van der Waals surface area contributed by atoms with Crippen molar-refractivity contribution in [1.29, 1.82) is 0 Å². The number of rotatable bonds is 6. The highest BCUT2D eigenvalue weighted by Gasteiger charge is 2.66. The number of carbonyl (C=O) groups is 1. The van der Waals surface area contributed by atoms with Gasteiger partial charge in [0.25, 0.3) is 0 Å². The van der Waals surface area contributed by atoms with Crippen LogP contribution in [0.1, 0.15) is 64.4 Å². The van der Waals surface area contributed by atoms with Crippen LogP contribution in [-0.4, -0.2) is 30.5 Å². The third-order valence-electron chi connectivity index (χ3n) is 8.65. The zero-order valence-electron chi connectivity index (χ0n) is 17.9. The van der Waals surface area contributed by atoms with Crippen LogP contribution >= 0.6 is 12.4 Å². The van der Waals surface area contributed by atoms with Crippen molar-refractivity contribution < 1.29 is 9.53 Å². The van der Waals surface area contributed by atoms with E-state index in [9.17, 15) is 4.79 Å². The van der Waals surface area contributed by atoms with E-state index in [2.05, 4.69) is 49.1 Å². The number of hydrogen-bond donors (Lipinski definition) is 0. The summed E-state index contributed by atoms with van der Waals surface area (Å²) in [4.78, 5) is 15.6. The van der Waals surface area contributed by atoms with Gasteiger partial charge >= 0.3 is 5.97 Å². The molecule has 4 saturated carbocycles. The lowest BCUT2D eigenvalue weighted by Crippen LogP contribution is -2.56. The molecule has 2 atom stereocenters. The maximum Gasteiger partial charge on any atom is 0.311 e. The van der Waals surface area contributed by atoms with Crippen molar-refractivity contribution in [2.24, 2.45) is 29.1 Å². The second-order valence-corrected chi connectivity index (χ2v) is 10.2. The van der Waals surface area contributed by atoms with Gasteiger partial charge in [-0.1, -0.05) is 44.2 Å². The van der Waals surface area contributed by atoms with Crippen molar-refractivity contribution in [3.63, 3.8) is 0 Å². The third-order valence-corrected chi connectivity index (χ3v) is 8.65. The highest BCUT2D eigenvalue weighted by molar-refractivity contribution is 5.85. The minimum atomic E-state index is -0.404. The van der Waals surface area contributed by atoms with Gasteiger partial charge in [-0.05, 0) is 74.9 Å². The average Bonchev–Trinajstić information content (AvgIpc) is 3.04. The first-order valence-corrected chi connectivity index (χ1v) is 11.6.